The standard InChI is InChI=1S/C23H38N4O.HI/c1-2-24-23(27-17-12-22(28)19-27)25-13-6-7-14-26-15-10-21(11-16-26)18-20-8-4-3-5-9-20;/h3-5,8-9,21-22,28H,2,6-7,10-19H2,1H3,(H,24,25);1H/t22-;/m1./s1. The van der Waals surface area contributed by atoms with Gasteiger partial charge >= 0.3 is 0 Å². The van der Waals surface area contributed by atoms with Gasteiger partial charge in [-0.05, 0) is 76.6 Å². The molecule has 1 aromatic carbocycles. The van der Waals surface area contributed by atoms with E-state index in [1.54, 1.807) is 0 Å². The van der Waals surface area contributed by atoms with E-state index in [2.05, 4.69) is 52.4 Å². The molecule has 0 unspecified atom stereocenters. The van der Waals surface area contributed by atoms with Gasteiger partial charge in [-0.15, -0.1) is 24.0 Å². The van der Waals surface area contributed by atoms with Crippen LogP contribution in [0.4, 0.5) is 0 Å². The van der Waals surface area contributed by atoms with Crippen molar-refractivity contribution in [1.29, 1.82) is 0 Å². The van der Waals surface area contributed by atoms with E-state index in [0.717, 1.165) is 44.4 Å². The molecular formula is C23H39IN4O. The smallest absolute Gasteiger partial charge is 0.194 e. The summed E-state index contributed by atoms with van der Waals surface area (Å²) < 4.78 is 0. The van der Waals surface area contributed by atoms with Crippen molar-refractivity contribution in [1.82, 2.24) is 15.1 Å². The SMILES string of the molecule is CCNC(=NCCCCN1CCC(Cc2ccccc2)CC1)N1CC[C@@H](O)C1.I. The fourth-order valence-electron chi connectivity index (χ4n) is 4.35. The number of aliphatic hydroxyl groups excluding tert-OH is 1. The van der Waals surface area contributed by atoms with Gasteiger partial charge in [0.25, 0.3) is 0 Å². The number of unbranched alkanes of at least 4 members (excludes halogenated alkanes) is 1. The van der Waals surface area contributed by atoms with Gasteiger partial charge in [0.1, 0.15) is 0 Å². The summed E-state index contributed by atoms with van der Waals surface area (Å²) in [5, 5.41) is 13.1. The third-order valence-electron chi connectivity index (χ3n) is 6.02. The largest absolute Gasteiger partial charge is 0.391 e. The molecule has 0 aromatic heterocycles. The van der Waals surface area contributed by atoms with Crippen molar-refractivity contribution >= 4 is 29.9 Å². The van der Waals surface area contributed by atoms with Crippen LogP contribution < -0.4 is 5.32 Å². The highest BCUT2D eigenvalue weighted by molar-refractivity contribution is 14.0. The molecule has 1 aromatic rings. The van der Waals surface area contributed by atoms with Gasteiger partial charge in [-0.25, -0.2) is 0 Å². The second-order valence-corrected chi connectivity index (χ2v) is 8.31. The van der Waals surface area contributed by atoms with E-state index in [9.17, 15) is 5.11 Å². The summed E-state index contributed by atoms with van der Waals surface area (Å²) in [5.41, 5.74) is 1.49. The van der Waals surface area contributed by atoms with Crippen LogP contribution in [0.25, 0.3) is 0 Å². The zero-order valence-electron chi connectivity index (χ0n) is 17.9. The minimum Gasteiger partial charge on any atom is -0.391 e. The highest BCUT2D eigenvalue weighted by atomic mass is 127. The molecule has 0 amide bonds. The Hall–Kier alpha value is -0.860. The van der Waals surface area contributed by atoms with E-state index in [4.69, 9.17) is 4.99 Å². The molecule has 0 spiro atoms. The van der Waals surface area contributed by atoms with Crippen LogP contribution >= 0.6 is 24.0 Å². The molecule has 1 atom stereocenters. The lowest BCUT2D eigenvalue weighted by Gasteiger charge is -2.32. The number of hydrogen-bond acceptors (Lipinski definition) is 3. The van der Waals surface area contributed by atoms with Crippen molar-refractivity contribution < 1.29 is 5.11 Å². The summed E-state index contributed by atoms with van der Waals surface area (Å²) in [4.78, 5) is 9.59. The Labute approximate surface area is 194 Å². The lowest BCUT2D eigenvalue weighted by molar-refractivity contribution is 0.181. The van der Waals surface area contributed by atoms with Crippen LogP contribution in [0.15, 0.2) is 35.3 Å². The molecule has 6 heteroatoms. The molecule has 2 fully saturated rings. The van der Waals surface area contributed by atoms with Gasteiger partial charge in [0.2, 0.25) is 0 Å². The fraction of sp³-hybridized carbons (Fsp3) is 0.696. The minimum absolute atomic E-state index is 0. The van der Waals surface area contributed by atoms with Gasteiger partial charge in [-0.1, -0.05) is 30.3 Å². The number of halogens is 1. The molecule has 3 rings (SSSR count). The van der Waals surface area contributed by atoms with Gasteiger partial charge in [-0.2, -0.15) is 0 Å². The summed E-state index contributed by atoms with van der Waals surface area (Å²) in [6, 6.07) is 10.9. The van der Waals surface area contributed by atoms with Crippen molar-refractivity contribution in [3.05, 3.63) is 35.9 Å². The normalized spacial score (nSPS) is 21.2. The number of guanidine groups is 1. The fourth-order valence-corrected chi connectivity index (χ4v) is 4.35. The van der Waals surface area contributed by atoms with Crippen LogP contribution in [0.2, 0.25) is 0 Å². The van der Waals surface area contributed by atoms with Gasteiger partial charge < -0.3 is 20.2 Å². The number of hydrogen-bond donors (Lipinski definition) is 2. The third-order valence-corrected chi connectivity index (χ3v) is 6.02. The molecule has 5 nitrogen and oxygen atoms in total. The Balaban J connectivity index is 0.00000300. The second-order valence-electron chi connectivity index (χ2n) is 8.31. The first-order valence-electron chi connectivity index (χ1n) is 11.2. The molecule has 29 heavy (non-hydrogen) atoms. The molecule has 0 saturated carbocycles. The van der Waals surface area contributed by atoms with Crippen molar-refractivity contribution in [3.8, 4) is 0 Å². The van der Waals surface area contributed by atoms with Crippen LogP contribution in [0.5, 0.6) is 0 Å². The zero-order chi connectivity index (χ0) is 19.6. The molecule has 2 N–H and O–H groups in total. The highest BCUT2D eigenvalue weighted by Crippen LogP contribution is 2.21. The Morgan fingerprint density at radius 2 is 1.86 bits per heavy atom. The summed E-state index contributed by atoms with van der Waals surface area (Å²) in [5.74, 6) is 1.82. The molecule has 0 aliphatic carbocycles. The van der Waals surface area contributed by atoms with Crippen molar-refractivity contribution in [2.24, 2.45) is 10.9 Å². The summed E-state index contributed by atoms with van der Waals surface area (Å²) in [6.45, 7) is 9.16. The first-order chi connectivity index (χ1) is 13.7. The number of aliphatic hydroxyl groups is 1. The number of piperidine rings is 1. The van der Waals surface area contributed by atoms with Gasteiger partial charge in [0, 0.05) is 26.2 Å². The third kappa shape index (κ3) is 8.42. The molecule has 2 saturated heterocycles. The molecule has 2 aliphatic rings. The number of nitrogens with zero attached hydrogens (tertiary/aromatic N) is 3. The molecule has 164 valence electrons. The number of rotatable bonds is 8. The van der Waals surface area contributed by atoms with Gasteiger partial charge in [0.15, 0.2) is 5.96 Å². The lowest BCUT2D eigenvalue weighted by Crippen LogP contribution is -2.40. The quantitative estimate of drug-likeness (QED) is 0.242. The van der Waals surface area contributed by atoms with Crippen LogP contribution in [-0.2, 0) is 6.42 Å². The Morgan fingerprint density at radius 1 is 1.10 bits per heavy atom. The molecular weight excluding hydrogens is 475 g/mol. The Bertz CT molecular complexity index is 590. The van der Waals surface area contributed by atoms with Gasteiger partial charge in [-0.3, -0.25) is 4.99 Å². The van der Waals surface area contributed by atoms with E-state index in [0.29, 0.717) is 6.54 Å². The van der Waals surface area contributed by atoms with Crippen molar-refractivity contribution in [2.45, 2.75) is 51.6 Å². The van der Waals surface area contributed by atoms with Crippen LogP contribution in [-0.4, -0.2) is 72.8 Å². The summed E-state index contributed by atoms with van der Waals surface area (Å²) in [6.07, 6.45) is 6.90. The average Bonchev–Trinajstić information content (AvgIpc) is 3.15. The van der Waals surface area contributed by atoms with Gasteiger partial charge in [0.05, 0.1) is 6.10 Å². The van der Waals surface area contributed by atoms with Crippen LogP contribution in [0, 0.1) is 5.92 Å². The van der Waals surface area contributed by atoms with Crippen LogP contribution in [0.3, 0.4) is 0 Å². The summed E-state index contributed by atoms with van der Waals surface area (Å²) >= 11 is 0. The van der Waals surface area contributed by atoms with E-state index >= 15 is 0 Å². The van der Waals surface area contributed by atoms with Crippen molar-refractivity contribution in [2.75, 3.05) is 45.8 Å². The first kappa shape index (κ1) is 24.4. The predicted octanol–water partition coefficient (Wildman–Crippen LogP) is 3.37. The number of benzene rings is 1. The van der Waals surface area contributed by atoms with E-state index in [1.165, 1.54) is 50.9 Å². The minimum atomic E-state index is -0.200. The molecule has 2 heterocycles. The summed E-state index contributed by atoms with van der Waals surface area (Å²) in [7, 11) is 0. The lowest BCUT2D eigenvalue weighted by atomic mass is 9.90. The maximum Gasteiger partial charge on any atom is 0.194 e. The first-order valence-corrected chi connectivity index (χ1v) is 11.2. The second kappa shape index (κ2) is 13.4. The Morgan fingerprint density at radius 3 is 2.52 bits per heavy atom. The highest BCUT2D eigenvalue weighted by Gasteiger charge is 2.22. The number of likely N-dealkylation sites (tertiary alicyclic amines) is 2. The maximum atomic E-state index is 9.74. The van der Waals surface area contributed by atoms with E-state index in [1.807, 2.05) is 0 Å². The molecule has 2 aliphatic heterocycles. The van der Waals surface area contributed by atoms with E-state index < -0.39 is 0 Å². The number of aliphatic imine (C=N–C) groups is 1. The number of nitrogens with one attached hydrogen (secondary N) is 1. The zero-order valence-corrected chi connectivity index (χ0v) is 20.3. The molecule has 0 radical (unpaired) electrons. The topological polar surface area (TPSA) is 51.1 Å². The predicted molar refractivity (Wildman–Crippen MR) is 132 cm³/mol. The van der Waals surface area contributed by atoms with E-state index in [-0.39, 0.29) is 30.1 Å². The van der Waals surface area contributed by atoms with Crippen molar-refractivity contribution in [3.63, 3.8) is 0 Å². The maximum absolute atomic E-state index is 9.74. The average molecular weight is 514 g/mol. The molecule has 0 bridgehead atoms. The van der Waals surface area contributed by atoms with Crippen LogP contribution in [0.1, 0.15) is 44.6 Å². The number of β-amino-alcohol motifs (C(OH)–C–C–N with tert-alkyl or cyclic N) is 1. The Kier molecular flexibility index (Phi) is 11.3. The monoisotopic (exact) mass is 514 g/mol.